The molecule has 2 heterocycles. The molecule has 0 aliphatic carbocycles. The molecular formula is C20H32O3S. The maximum Gasteiger partial charge on any atom is 0.303 e. The fourth-order valence-electron chi connectivity index (χ4n) is 3.83. The molecular weight excluding hydrogens is 320 g/mol. The van der Waals surface area contributed by atoms with Gasteiger partial charge >= 0.3 is 5.97 Å². The number of carboxylic acids is 1. The third-order valence-corrected chi connectivity index (χ3v) is 6.21. The molecule has 4 unspecified atom stereocenters. The second-order valence-corrected chi connectivity index (χ2v) is 8.00. The van der Waals surface area contributed by atoms with E-state index in [4.69, 9.17) is 9.84 Å². The molecule has 1 N–H and O–H groups in total. The molecule has 2 fully saturated rings. The van der Waals surface area contributed by atoms with Gasteiger partial charge in [-0.05, 0) is 68.3 Å². The summed E-state index contributed by atoms with van der Waals surface area (Å²) in [5.41, 5.74) is 0. The van der Waals surface area contributed by atoms with E-state index in [1.165, 1.54) is 30.8 Å². The Balaban J connectivity index is 1.68. The summed E-state index contributed by atoms with van der Waals surface area (Å²) in [5.74, 6) is 3.10. The smallest absolute Gasteiger partial charge is 0.303 e. The van der Waals surface area contributed by atoms with Gasteiger partial charge in [-0.25, -0.2) is 0 Å². The van der Waals surface area contributed by atoms with E-state index in [0.717, 1.165) is 25.7 Å². The zero-order valence-electron chi connectivity index (χ0n) is 14.9. The van der Waals surface area contributed by atoms with Crippen LogP contribution in [0.3, 0.4) is 0 Å². The number of carbonyl (C=O) groups is 1. The minimum Gasteiger partial charge on any atom is -0.481 e. The lowest BCUT2D eigenvalue weighted by molar-refractivity contribution is -0.137. The van der Waals surface area contributed by atoms with Gasteiger partial charge < -0.3 is 9.84 Å². The Hall–Kier alpha value is -0.740. The first-order valence-electron chi connectivity index (χ1n) is 9.47. The number of ether oxygens (including phenoxy) is 1. The molecule has 3 nitrogen and oxygen atoms in total. The quantitative estimate of drug-likeness (QED) is 0.393. The van der Waals surface area contributed by atoms with Gasteiger partial charge in [-0.15, -0.1) is 0 Å². The number of carboxylic acid groups (broad SMARTS) is 1. The molecule has 136 valence electrons. The highest BCUT2D eigenvalue weighted by Gasteiger charge is 2.47. The van der Waals surface area contributed by atoms with Crippen LogP contribution in [0.2, 0.25) is 0 Å². The van der Waals surface area contributed by atoms with Crippen molar-refractivity contribution in [1.82, 2.24) is 0 Å². The van der Waals surface area contributed by atoms with Crippen molar-refractivity contribution in [2.24, 2.45) is 11.8 Å². The van der Waals surface area contributed by atoms with Crippen molar-refractivity contribution < 1.29 is 14.6 Å². The van der Waals surface area contributed by atoms with Crippen molar-refractivity contribution in [1.29, 1.82) is 0 Å². The monoisotopic (exact) mass is 352 g/mol. The molecule has 4 heteroatoms. The van der Waals surface area contributed by atoms with Gasteiger partial charge in [0.05, 0.1) is 12.2 Å². The molecule has 2 rings (SSSR count). The second-order valence-electron chi connectivity index (χ2n) is 6.85. The van der Waals surface area contributed by atoms with E-state index in [-0.39, 0.29) is 6.42 Å². The van der Waals surface area contributed by atoms with Gasteiger partial charge in [0.2, 0.25) is 0 Å². The number of hydrogen-bond donors (Lipinski definition) is 1. The van der Waals surface area contributed by atoms with E-state index in [1.807, 2.05) is 0 Å². The lowest BCUT2D eigenvalue weighted by Gasteiger charge is -2.26. The fraction of sp³-hybridized carbons (Fsp3) is 0.750. The Morgan fingerprint density at radius 3 is 2.62 bits per heavy atom. The zero-order valence-corrected chi connectivity index (χ0v) is 15.7. The van der Waals surface area contributed by atoms with E-state index in [0.29, 0.717) is 24.0 Å². The van der Waals surface area contributed by atoms with Gasteiger partial charge in [-0.3, -0.25) is 4.79 Å². The highest BCUT2D eigenvalue weighted by molar-refractivity contribution is 7.99. The van der Waals surface area contributed by atoms with Crippen LogP contribution in [0.1, 0.15) is 58.3 Å². The molecule has 2 aliphatic heterocycles. The maximum absolute atomic E-state index is 10.5. The zero-order chi connectivity index (χ0) is 17.2. The van der Waals surface area contributed by atoms with Gasteiger partial charge in [0.1, 0.15) is 0 Å². The van der Waals surface area contributed by atoms with Crippen molar-refractivity contribution in [3.63, 3.8) is 0 Å². The van der Waals surface area contributed by atoms with Gasteiger partial charge in [0, 0.05) is 6.42 Å². The minimum atomic E-state index is -0.698. The molecule has 0 aromatic rings. The predicted octanol–water partition coefficient (Wildman–Crippen LogP) is 5.07. The van der Waals surface area contributed by atoms with Crippen LogP contribution in [-0.4, -0.2) is 34.8 Å². The molecule has 0 aromatic carbocycles. The molecule has 2 aliphatic rings. The standard InChI is InChI=1S/C20H32O3S/c1-2-3-4-9-14-24-15-17-16(18-12-13-19(17)23-18)10-7-5-6-8-11-20(21)22/h3-5,7,16-19H,2,6,8-15H2,1H3,(H,21,22)/b4-3+,7-5-. The van der Waals surface area contributed by atoms with Crippen molar-refractivity contribution >= 4 is 17.7 Å². The largest absolute Gasteiger partial charge is 0.481 e. The molecule has 24 heavy (non-hydrogen) atoms. The average molecular weight is 353 g/mol. The number of aliphatic carboxylic acids is 1. The van der Waals surface area contributed by atoms with Gasteiger partial charge in [-0.1, -0.05) is 31.2 Å². The Kier molecular flexibility index (Phi) is 8.97. The Morgan fingerprint density at radius 2 is 1.88 bits per heavy atom. The maximum atomic E-state index is 10.5. The van der Waals surface area contributed by atoms with Crippen molar-refractivity contribution in [3.8, 4) is 0 Å². The first-order chi connectivity index (χ1) is 11.7. The van der Waals surface area contributed by atoms with Crippen molar-refractivity contribution in [3.05, 3.63) is 24.3 Å². The number of rotatable bonds is 12. The van der Waals surface area contributed by atoms with Crippen LogP contribution >= 0.6 is 11.8 Å². The third kappa shape index (κ3) is 6.29. The molecule has 0 saturated carbocycles. The van der Waals surface area contributed by atoms with E-state index in [9.17, 15) is 4.79 Å². The fourth-order valence-corrected chi connectivity index (χ4v) is 5.03. The lowest BCUT2D eigenvalue weighted by atomic mass is 9.78. The molecule has 0 radical (unpaired) electrons. The summed E-state index contributed by atoms with van der Waals surface area (Å²) in [7, 11) is 0. The normalized spacial score (nSPS) is 29.2. The Labute approximate surface area is 150 Å². The van der Waals surface area contributed by atoms with Gasteiger partial charge in [-0.2, -0.15) is 11.8 Å². The van der Waals surface area contributed by atoms with Crippen LogP contribution in [-0.2, 0) is 9.53 Å². The number of hydrogen-bond acceptors (Lipinski definition) is 3. The van der Waals surface area contributed by atoms with E-state index >= 15 is 0 Å². The summed E-state index contributed by atoms with van der Waals surface area (Å²) >= 11 is 2.07. The summed E-state index contributed by atoms with van der Waals surface area (Å²) in [6.45, 7) is 2.18. The van der Waals surface area contributed by atoms with Crippen LogP contribution in [0, 0.1) is 11.8 Å². The molecule has 4 atom stereocenters. The van der Waals surface area contributed by atoms with Gasteiger partial charge in [0.25, 0.3) is 0 Å². The van der Waals surface area contributed by atoms with Crippen molar-refractivity contribution in [2.45, 2.75) is 70.5 Å². The third-order valence-electron chi connectivity index (χ3n) is 5.07. The highest BCUT2D eigenvalue weighted by atomic mass is 32.2. The van der Waals surface area contributed by atoms with E-state index < -0.39 is 5.97 Å². The van der Waals surface area contributed by atoms with E-state index in [1.54, 1.807) is 0 Å². The summed E-state index contributed by atoms with van der Waals surface area (Å²) < 4.78 is 6.16. The molecule has 2 saturated heterocycles. The predicted molar refractivity (Wildman–Crippen MR) is 101 cm³/mol. The molecule has 2 bridgehead atoms. The van der Waals surface area contributed by atoms with Gasteiger partial charge in [0.15, 0.2) is 0 Å². The van der Waals surface area contributed by atoms with Crippen LogP contribution in [0.4, 0.5) is 0 Å². The minimum absolute atomic E-state index is 0.271. The molecule has 0 amide bonds. The van der Waals surface area contributed by atoms with Crippen LogP contribution in [0.5, 0.6) is 0 Å². The average Bonchev–Trinajstić information content (AvgIpc) is 3.15. The number of thioether (sulfide) groups is 1. The first-order valence-corrected chi connectivity index (χ1v) is 10.6. The summed E-state index contributed by atoms with van der Waals surface area (Å²) in [4.78, 5) is 10.5. The number of allylic oxidation sites excluding steroid dienone is 4. The van der Waals surface area contributed by atoms with Crippen molar-refractivity contribution in [2.75, 3.05) is 11.5 Å². The number of fused-ring (bicyclic) bond motifs is 2. The summed E-state index contributed by atoms with van der Waals surface area (Å²) in [6, 6.07) is 0. The summed E-state index contributed by atoms with van der Waals surface area (Å²) in [6.07, 6.45) is 17.7. The lowest BCUT2D eigenvalue weighted by Crippen LogP contribution is -2.28. The molecule has 0 aromatic heterocycles. The first kappa shape index (κ1) is 19.6. The SMILES string of the molecule is CC/C=C/CCSCC1C2CCC(O2)C1C/C=C\CCCC(=O)O. The summed E-state index contributed by atoms with van der Waals surface area (Å²) in [5, 5.41) is 8.65. The highest BCUT2D eigenvalue weighted by Crippen LogP contribution is 2.46. The second kappa shape index (κ2) is 11.0. The Bertz CT molecular complexity index is 433. The van der Waals surface area contributed by atoms with Crippen LogP contribution < -0.4 is 0 Å². The van der Waals surface area contributed by atoms with Crippen LogP contribution in [0.15, 0.2) is 24.3 Å². The Morgan fingerprint density at radius 1 is 1.12 bits per heavy atom. The number of unbranched alkanes of at least 4 members (excludes halogenated alkanes) is 1. The molecule has 0 spiro atoms. The van der Waals surface area contributed by atoms with Crippen LogP contribution in [0.25, 0.3) is 0 Å². The topological polar surface area (TPSA) is 46.5 Å². The van der Waals surface area contributed by atoms with E-state index in [2.05, 4.69) is 43.0 Å².